The molecule has 2 aliphatic heterocycles. The predicted molar refractivity (Wildman–Crippen MR) is 84.9 cm³/mol. The van der Waals surface area contributed by atoms with Gasteiger partial charge in [0.05, 0.1) is 0 Å². The summed E-state index contributed by atoms with van der Waals surface area (Å²) in [6.07, 6.45) is 2.32. The summed E-state index contributed by atoms with van der Waals surface area (Å²) in [5.41, 5.74) is 7.26. The summed E-state index contributed by atoms with van der Waals surface area (Å²) in [7, 11) is 0. The Morgan fingerprint density at radius 3 is 2.65 bits per heavy atom. The molecule has 20 heavy (non-hydrogen) atoms. The number of benzene rings is 1. The quantitative estimate of drug-likeness (QED) is 0.877. The van der Waals surface area contributed by atoms with Crippen molar-refractivity contribution < 1.29 is 9.47 Å². The van der Waals surface area contributed by atoms with Gasteiger partial charge < -0.3 is 15.2 Å². The molecule has 0 amide bonds. The van der Waals surface area contributed by atoms with Crippen LogP contribution in [0.5, 0.6) is 11.5 Å². The number of fused-ring (bicyclic) bond motifs is 1. The molecule has 1 atom stereocenters. The number of ether oxygens (including phenoxy) is 2. The molecule has 112 valence electrons. The minimum atomic E-state index is 0. The van der Waals surface area contributed by atoms with E-state index in [0.29, 0.717) is 19.3 Å². The smallest absolute Gasteiger partial charge is 0.162 e. The van der Waals surface area contributed by atoms with E-state index in [2.05, 4.69) is 26.9 Å². The van der Waals surface area contributed by atoms with Gasteiger partial charge in [0.2, 0.25) is 0 Å². The largest absolute Gasteiger partial charge is 0.486 e. The molecule has 2 heterocycles. The number of nitrogens with two attached hydrogens (primary N) is 1. The molecular weight excluding hydrogens is 344 g/mol. The van der Waals surface area contributed by atoms with Crippen LogP contribution in [-0.4, -0.2) is 37.2 Å². The minimum absolute atomic E-state index is 0. The number of likely N-dealkylation sites (tertiary alicyclic amines) is 1. The fraction of sp³-hybridized carbons (Fsp3) is 0.571. The Hall–Kier alpha value is -0.490. The van der Waals surface area contributed by atoms with E-state index in [4.69, 9.17) is 15.2 Å². The Labute approximate surface area is 134 Å². The van der Waals surface area contributed by atoms with Crippen LogP contribution in [0.15, 0.2) is 16.6 Å². The van der Waals surface area contributed by atoms with Crippen LogP contribution in [0.25, 0.3) is 0 Å². The molecule has 1 fully saturated rings. The summed E-state index contributed by atoms with van der Waals surface area (Å²) >= 11 is 3.62. The maximum Gasteiger partial charge on any atom is 0.162 e. The van der Waals surface area contributed by atoms with Crippen LogP contribution in [0.1, 0.15) is 18.4 Å². The summed E-state index contributed by atoms with van der Waals surface area (Å²) in [5.74, 6) is 1.68. The van der Waals surface area contributed by atoms with Crippen molar-refractivity contribution in [3.05, 3.63) is 22.2 Å². The van der Waals surface area contributed by atoms with Crippen LogP contribution < -0.4 is 15.2 Å². The van der Waals surface area contributed by atoms with E-state index in [1.165, 1.54) is 12.0 Å². The average Bonchev–Trinajstić information content (AvgIpc) is 2.40. The molecular formula is C14H20BrClN2O2. The third-order valence-electron chi connectivity index (χ3n) is 3.65. The molecule has 4 nitrogen and oxygen atoms in total. The first-order valence-electron chi connectivity index (χ1n) is 6.78. The highest BCUT2D eigenvalue weighted by atomic mass is 79.9. The first kappa shape index (κ1) is 15.9. The maximum absolute atomic E-state index is 6.03. The summed E-state index contributed by atoms with van der Waals surface area (Å²) in [4.78, 5) is 2.41. The number of nitrogens with zero attached hydrogens (tertiary/aromatic N) is 1. The SMILES string of the molecule is Cl.N[C@@H]1CCCN(Cc2cc3c(cc2Br)OCCO3)C1. The van der Waals surface area contributed by atoms with Gasteiger partial charge in [-0.25, -0.2) is 0 Å². The Bertz CT molecular complexity index is 473. The number of hydrogen-bond acceptors (Lipinski definition) is 4. The van der Waals surface area contributed by atoms with Crippen LogP contribution >= 0.6 is 28.3 Å². The first-order valence-corrected chi connectivity index (χ1v) is 7.57. The second-order valence-electron chi connectivity index (χ2n) is 5.22. The van der Waals surface area contributed by atoms with Crippen molar-refractivity contribution in [2.45, 2.75) is 25.4 Å². The van der Waals surface area contributed by atoms with Gasteiger partial charge in [-0.05, 0) is 37.1 Å². The highest BCUT2D eigenvalue weighted by molar-refractivity contribution is 9.10. The Balaban J connectivity index is 0.00000147. The second kappa shape index (κ2) is 6.98. The molecule has 0 saturated carbocycles. The van der Waals surface area contributed by atoms with E-state index in [9.17, 15) is 0 Å². The third-order valence-corrected chi connectivity index (χ3v) is 4.39. The van der Waals surface area contributed by atoms with Crippen LogP contribution in [0.3, 0.4) is 0 Å². The van der Waals surface area contributed by atoms with Gasteiger partial charge in [-0.2, -0.15) is 0 Å². The van der Waals surface area contributed by atoms with E-state index in [0.717, 1.165) is 42.0 Å². The van der Waals surface area contributed by atoms with E-state index in [1.54, 1.807) is 0 Å². The topological polar surface area (TPSA) is 47.7 Å². The lowest BCUT2D eigenvalue weighted by Crippen LogP contribution is -2.42. The summed E-state index contributed by atoms with van der Waals surface area (Å²) < 4.78 is 12.3. The fourth-order valence-corrected chi connectivity index (χ4v) is 3.15. The number of piperidine rings is 1. The fourth-order valence-electron chi connectivity index (χ4n) is 2.70. The normalized spacial score (nSPS) is 22.2. The van der Waals surface area contributed by atoms with Crippen LogP contribution in [-0.2, 0) is 6.54 Å². The average molecular weight is 364 g/mol. The zero-order valence-corrected chi connectivity index (χ0v) is 13.7. The van der Waals surface area contributed by atoms with Gasteiger partial charge in [0, 0.05) is 23.6 Å². The van der Waals surface area contributed by atoms with Gasteiger partial charge >= 0.3 is 0 Å². The predicted octanol–water partition coefficient (Wildman–Crippen LogP) is 2.57. The van der Waals surface area contributed by atoms with Crippen molar-refractivity contribution in [2.24, 2.45) is 5.73 Å². The summed E-state index contributed by atoms with van der Waals surface area (Å²) in [6.45, 7) is 4.25. The van der Waals surface area contributed by atoms with Gasteiger partial charge in [0.25, 0.3) is 0 Å². The van der Waals surface area contributed by atoms with E-state index in [-0.39, 0.29) is 12.4 Å². The first-order chi connectivity index (χ1) is 9.22. The Kier molecular flexibility index (Phi) is 5.55. The number of hydrogen-bond donors (Lipinski definition) is 1. The van der Waals surface area contributed by atoms with Crippen molar-refractivity contribution in [3.8, 4) is 11.5 Å². The molecule has 2 aliphatic rings. The highest BCUT2D eigenvalue weighted by Gasteiger charge is 2.20. The van der Waals surface area contributed by atoms with Crippen molar-refractivity contribution in [1.82, 2.24) is 4.90 Å². The molecule has 0 spiro atoms. The van der Waals surface area contributed by atoms with Crippen molar-refractivity contribution in [1.29, 1.82) is 0 Å². The standard InChI is InChI=1S/C14H19BrN2O2.ClH/c15-12-7-14-13(18-4-5-19-14)6-10(12)8-17-3-1-2-11(16)9-17;/h6-7,11H,1-5,8-9,16H2;1H/t11-;/m1./s1. The summed E-state index contributed by atoms with van der Waals surface area (Å²) in [5, 5.41) is 0. The third kappa shape index (κ3) is 3.58. The van der Waals surface area contributed by atoms with Gasteiger partial charge in [-0.1, -0.05) is 15.9 Å². The monoisotopic (exact) mass is 362 g/mol. The molecule has 0 unspecified atom stereocenters. The molecule has 0 aromatic heterocycles. The van der Waals surface area contributed by atoms with E-state index < -0.39 is 0 Å². The highest BCUT2D eigenvalue weighted by Crippen LogP contribution is 2.36. The molecule has 0 radical (unpaired) electrons. The molecule has 1 saturated heterocycles. The zero-order chi connectivity index (χ0) is 13.2. The van der Waals surface area contributed by atoms with Gasteiger partial charge in [-0.3, -0.25) is 4.90 Å². The molecule has 1 aromatic rings. The lowest BCUT2D eigenvalue weighted by molar-refractivity contribution is 0.170. The molecule has 0 aliphatic carbocycles. The zero-order valence-electron chi connectivity index (χ0n) is 11.3. The van der Waals surface area contributed by atoms with Crippen LogP contribution in [0.2, 0.25) is 0 Å². The second-order valence-corrected chi connectivity index (χ2v) is 6.08. The van der Waals surface area contributed by atoms with E-state index >= 15 is 0 Å². The van der Waals surface area contributed by atoms with Crippen molar-refractivity contribution >= 4 is 28.3 Å². The molecule has 6 heteroatoms. The van der Waals surface area contributed by atoms with Crippen LogP contribution in [0.4, 0.5) is 0 Å². The Morgan fingerprint density at radius 2 is 1.95 bits per heavy atom. The molecule has 1 aromatic carbocycles. The number of rotatable bonds is 2. The summed E-state index contributed by atoms with van der Waals surface area (Å²) in [6, 6.07) is 4.40. The van der Waals surface area contributed by atoms with Crippen molar-refractivity contribution in [3.63, 3.8) is 0 Å². The number of halogens is 2. The van der Waals surface area contributed by atoms with Crippen LogP contribution in [0, 0.1) is 0 Å². The minimum Gasteiger partial charge on any atom is -0.486 e. The molecule has 0 bridgehead atoms. The Morgan fingerprint density at radius 1 is 1.25 bits per heavy atom. The lowest BCUT2D eigenvalue weighted by atomic mass is 10.1. The lowest BCUT2D eigenvalue weighted by Gasteiger charge is -2.31. The van der Waals surface area contributed by atoms with E-state index in [1.807, 2.05) is 6.07 Å². The van der Waals surface area contributed by atoms with Gasteiger partial charge in [0.1, 0.15) is 13.2 Å². The molecule has 3 rings (SSSR count). The molecule has 2 N–H and O–H groups in total. The van der Waals surface area contributed by atoms with Crippen molar-refractivity contribution in [2.75, 3.05) is 26.3 Å². The van der Waals surface area contributed by atoms with Gasteiger partial charge in [-0.15, -0.1) is 12.4 Å². The van der Waals surface area contributed by atoms with Gasteiger partial charge in [0.15, 0.2) is 11.5 Å². The maximum atomic E-state index is 6.03.